The Morgan fingerprint density at radius 1 is 0.309 bits per heavy atom. The molecule has 55 heavy (non-hydrogen) atoms. The Labute approximate surface area is 325 Å². The summed E-state index contributed by atoms with van der Waals surface area (Å²) >= 11 is 0. The van der Waals surface area contributed by atoms with Gasteiger partial charge in [0.05, 0.1) is 0 Å². The van der Waals surface area contributed by atoms with E-state index in [1.807, 2.05) is 24.3 Å². The number of aliphatic hydroxyl groups excluding tert-OH is 1. The Morgan fingerprint density at radius 3 is 0.782 bits per heavy atom. The summed E-state index contributed by atoms with van der Waals surface area (Å²) in [7, 11) is -5.41. The molecule has 0 bridgehead atoms. The van der Waals surface area contributed by atoms with Crippen LogP contribution in [0.25, 0.3) is 5.76 Å². The molecule has 1 N–H and O–H groups in total. The van der Waals surface area contributed by atoms with Crippen molar-refractivity contribution in [1.82, 2.24) is 0 Å². The van der Waals surface area contributed by atoms with E-state index in [4.69, 9.17) is 0 Å². The average Bonchev–Trinajstić information content (AvgIpc) is 3.27. The molecule has 0 spiro atoms. The van der Waals surface area contributed by atoms with Gasteiger partial charge in [-0.25, -0.2) is 0 Å². The van der Waals surface area contributed by atoms with Crippen molar-refractivity contribution in [1.29, 1.82) is 0 Å². The van der Waals surface area contributed by atoms with Gasteiger partial charge in [0, 0.05) is 17.2 Å². The first-order valence-electron chi connectivity index (χ1n) is 18.6. The van der Waals surface area contributed by atoms with Crippen molar-refractivity contribution >= 4 is 69.2 Å². The zero-order chi connectivity index (χ0) is 37.5. The Balaban J connectivity index is 1.15. The first kappa shape index (κ1) is 35.4. The fraction of sp³-hybridized carbons (Fsp3) is 0. The van der Waals surface area contributed by atoms with Crippen LogP contribution < -0.4 is 41.5 Å². The molecule has 0 aromatic heterocycles. The second kappa shape index (κ2) is 15.8. The molecule has 2 nitrogen and oxygen atoms in total. The van der Waals surface area contributed by atoms with Gasteiger partial charge in [-0.3, -0.25) is 4.79 Å². The lowest BCUT2D eigenvalue weighted by molar-refractivity contribution is 0.104. The summed E-state index contributed by atoms with van der Waals surface area (Å²) in [5.41, 5.74) is 1.11. The Bertz CT molecular complexity index is 2310. The number of ketones is 1. The molecule has 4 heteroatoms. The highest BCUT2D eigenvalue weighted by atomic mass is 28.3. The third kappa shape index (κ3) is 6.63. The summed E-state index contributed by atoms with van der Waals surface area (Å²) in [5.74, 6) is -0.310. The summed E-state index contributed by atoms with van der Waals surface area (Å²) in [4.78, 5) is 13.8. The van der Waals surface area contributed by atoms with Gasteiger partial charge in [0.1, 0.15) is 5.76 Å². The molecule has 8 rings (SSSR count). The summed E-state index contributed by atoms with van der Waals surface area (Å²) in [5, 5.41) is 21.4. The Morgan fingerprint density at radius 2 is 0.527 bits per heavy atom. The van der Waals surface area contributed by atoms with Crippen LogP contribution in [0.3, 0.4) is 0 Å². The summed E-state index contributed by atoms with van der Waals surface area (Å²) < 4.78 is 0. The van der Waals surface area contributed by atoms with Gasteiger partial charge >= 0.3 is 0 Å². The highest BCUT2D eigenvalue weighted by Gasteiger charge is 2.42. The van der Waals surface area contributed by atoms with E-state index in [9.17, 15) is 9.90 Å². The number of hydrogen-bond donors (Lipinski definition) is 1. The van der Waals surface area contributed by atoms with E-state index in [0.29, 0.717) is 11.1 Å². The smallest absolute Gasteiger partial charge is 0.189 e. The second-order valence-corrected chi connectivity index (χ2v) is 21.4. The first-order chi connectivity index (χ1) is 27.1. The van der Waals surface area contributed by atoms with E-state index in [1.54, 1.807) is 0 Å². The molecule has 0 amide bonds. The maximum atomic E-state index is 13.8. The first-order valence-corrected chi connectivity index (χ1v) is 22.6. The number of aliphatic hydroxyl groups is 1. The SMILES string of the molecule is O=C(/C=C(\O)c1ccc([Si](c2ccccc2)(c2ccccc2)c2ccccc2)cc1)c1ccc([Si](c2ccccc2)(c2ccccc2)c2ccccc2)cc1. The van der Waals surface area contributed by atoms with Crippen LogP contribution in [-0.2, 0) is 0 Å². The minimum absolute atomic E-state index is 0.0615. The molecule has 0 saturated carbocycles. The molecule has 0 aliphatic heterocycles. The van der Waals surface area contributed by atoms with Crippen molar-refractivity contribution in [3.8, 4) is 0 Å². The highest BCUT2D eigenvalue weighted by molar-refractivity contribution is 7.20. The third-order valence-electron chi connectivity index (χ3n) is 10.7. The van der Waals surface area contributed by atoms with Crippen LogP contribution in [0, 0.1) is 0 Å². The third-order valence-corrected chi connectivity index (χ3v) is 20.3. The van der Waals surface area contributed by atoms with E-state index in [1.165, 1.54) is 47.6 Å². The lowest BCUT2D eigenvalue weighted by atomic mass is 10.1. The minimum atomic E-state index is -2.71. The van der Waals surface area contributed by atoms with E-state index >= 15 is 0 Å². The van der Waals surface area contributed by atoms with Crippen molar-refractivity contribution in [2.24, 2.45) is 0 Å². The lowest BCUT2D eigenvalue weighted by Gasteiger charge is -2.34. The predicted molar refractivity (Wildman–Crippen MR) is 235 cm³/mol. The number of carbonyl (C=O) groups excluding carboxylic acids is 1. The van der Waals surface area contributed by atoms with Crippen LogP contribution in [0.5, 0.6) is 0 Å². The number of benzene rings is 8. The summed E-state index contributed by atoms with van der Waals surface area (Å²) in [6.45, 7) is 0. The Hall–Kier alpha value is -6.60. The topological polar surface area (TPSA) is 37.3 Å². The standard InChI is InChI=1S/C51H40O2Si2/c52-50(40-31-35-48(36-32-40)54(42-19-7-1-8-20-42,43-21-9-2-10-22-43)44-23-11-3-12-24-44)39-51(53)41-33-37-49(38-34-41)55(45-25-13-4-14-26-45,46-27-15-5-16-28-46)47-29-17-6-18-30-47/h1-39,52H/b50-39-. The van der Waals surface area contributed by atoms with Gasteiger partial charge in [0.25, 0.3) is 0 Å². The van der Waals surface area contributed by atoms with Gasteiger partial charge in [-0.2, -0.15) is 0 Å². The molecule has 0 unspecified atom stereocenters. The van der Waals surface area contributed by atoms with Crippen molar-refractivity contribution < 1.29 is 9.90 Å². The highest BCUT2D eigenvalue weighted by Crippen LogP contribution is 2.16. The van der Waals surface area contributed by atoms with E-state index in [-0.39, 0.29) is 11.5 Å². The molecule has 0 saturated heterocycles. The van der Waals surface area contributed by atoms with Gasteiger partial charge in [0.15, 0.2) is 21.9 Å². The largest absolute Gasteiger partial charge is 0.507 e. The molecule has 0 heterocycles. The summed E-state index contributed by atoms with van der Waals surface area (Å²) in [6, 6.07) is 80.5. The van der Waals surface area contributed by atoms with Gasteiger partial charge in [-0.05, 0) is 41.5 Å². The number of hydrogen-bond acceptors (Lipinski definition) is 2. The molecule has 8 aromatic rings. The Kier molecular flexibility index (Phi) is 10.2. The van der Waals surface area contributed by atoms with Crippen LogP contribution >= 0.6 is 0 Å². The molecule has 8 aromatic carbocycles. The second-order valence-electron chi connectivity index (χ2n) is 13.7. The zero-order valence-corrected chi connectivity index (χ0v) is 32.4. The van der Waals surface area contributed by atoms with Crippen LogP contribution in [0.15, 0.2) is 237 Å². The van der Waals surface area contributed by atoms with Gasteiger partial charge in [-0.15, -0.1) is 0 Å². The molecular weight excluding hydrogens is 701 g/mol. The molecule has 0 atom stereocenters. The number of rotatable bonds is 11. The van der Waals surface area contributed by atoms with Crippen LogP contribution in [-0.4, -0.2) is 27.0 Å². The quantitative estimate of drug-likeness (QED) is 0.0563. The van der Waals surface area contributed by atoms with Crippen molar-refractivity contribution in [2.75, 3.05) is 0 Å². The maximum absolute atomic E-state index is 13.8. The van der Waals surface area contributed by atoms with Crippen molar-refractivity contribution in [3.05, 3.63) is 248 Å². The molecule has 0 fully saturated rings. The lowest BCUT2D eigenvalue weighted by Crippen LogP contribution is -2.74. The fourth-order valence-electron chi connectivity index (χ4n) is 8.20. The maximum Gasteiger partial charge on any atom is 0.189 e. The van der Waals surface area contributed by atoms with Crippen molar-refractivity contribution in [2.45, 2.75) is 0 Å². The van der Waals surface area contributed by atoms with Crippen LogP contribution in [0.1, 0.15) is 15.9 Å². The van der Waals surface area contributed by atoms with Crippen LogP contribution in [0.2, 0.25) is 0 Å². The molecular formula is C51H40O2Si2. The van der Waals surface area contributed by atoms with E-state index in [0.717, 1.165) is 0 Å². The fourth-order valence-corrected chi connectivity index (χ4v) is 17.7. The molecule has 264 valence electrons. The predicted octanol–water partition coefficient (Wildman–Crippen LogP) is 6.22. The molecule has 0 aliphatic rings. The van der Waals surface area contributed by atoms with Crippen LogP contribution in [0.4, 0.5) is 0 Å². The van der Waals surface area contributed by atoms with E-state index in [2.05, 4.69) is 206 Å². The van der Waals surface area contributed by atoms with Gasteiger partial charge in [-0.1, -0.05) is 231 Å². The molecule has 0 radical (unpaired) electrons. The van der Waals surface area contributed by atoms with Gasteiger partial charge < -0.3 is 5.11 Å². The minimum Gasteiger partial charge on any atom is -0.507 e. The normalized spacial score (nSPS) is 11.9. The van der Waals surface area contributed by atoms with E-state index < -0.39 is 16.1 Å². The van der Waals surface area contributed by atoms with Gasteiger partial charge in [0.2, 0.25) is 0 Å². The number of carbonyl (C=O) groups is 1. The summed E-state index contributed by atoms with van der Waals surface area (Å²) in [6.07, 6.45) is 1.34. The molecule has 0 aliphatic carbocycles. The zero-order valence-electron chi connectivity index (χ0n) is 30.4. The monoisotopic (exact) mass is 740 g/mol. The number of allylic oxidation sites excluding steroid dienone is 1. The average molecular weight is 741 g/mol. The van der Waals surface area contributed by atoms with Crippen molar-refractivity contribution in [3.63, 3.8) is 0 Å².